The number of likely N-dealkylation sites (N-methyl/N-ethyl adjacent to an activating group) is 1. The summed E-state index contributed by atoms with van der Waals surface area (Å²) in [6, 6.07) is 0.351. The van der Waals surface area contributed by atoms with Crippen LogP contribution >= 0.6 is 0 Å². The minimum Gasteiger partial charge on any atom is -0.481 e. The average molecular weight is 292 g/mol. The van der Waals surface area contributed by atoms with Gasteiger partial charge in [0, 0.05) is 24.3 Å². The Morgan fingerprint density at radius 2 is 2.24 bits per heavy atom. The molecule has 0 aromatic carbocycles. The standard InChI is InChI=1S/C16H24N2O3/c1-2-17(11-5-3-4-6-11)15(19)10-18-12-7-8-14(18)13(9-12)16(20)21/h5,12-14H,2-4,6-10H2,1H3,(H,20,21). The molecule has 0 aromatic heterocycles. The second kappa shape index (κ2) is 5.79. The van der Waals surface area contributed by atoms with Crippen molar-refractivity contribution < 1.29 is 14.7 Å². The quantitative estimate of drug-likeness (QED) is 0.840. The van der Waals surface area contributed by atoms with E-state index in [1.54, 1.807) is 0 Å². The molecule has 2 fully saturated rings. The van der Waals surface area contributed by atoms with Gasteiger partial charge in [0.25, 0.3) is 0 Å². The van der Waals surface area contributed by atoms with Gasteiger partial charge in [-0.15, -0.1) is 0 Å². The van der Waals surface area contributed by atoms with E-state index in [0.29, 0.717) is 19.5 Å². The molecule has 2 saturated heterocycles. The van der Waals surface area contributed by atoms with Crippen molar-refractivity contribution in [3.8, 4) is 0 Å². The molecule has 0 spiro atoms. The first kappa shape index (κ1) is 14.6. The Kier molecular flexibility index (Phi) is 4.02. The summed E-state index contributed by atoms with van der Waals surface area (Å²) < 4.78 is 0. The average Bonchev–Trinajstić information content (AvgIpc) is 3.17. The fourth-order valence-electron chi connectivity index (χ4n) is 4.29. The van der Waals surface area contributed by atoms with Gasteiger partial charge in [0.15, 0.2) is 0 Å². The molecule has 5 heteroatoms. The van der Waals surface area contributed by atoms with Crippen molar-refractivity contribution in [2.45, 2.75) is 57.5 Å². The molecule has 3 rings (SSSR count). The number of amides is 1. The molecule has 5 nitrogen and oxygen atoms in total. The van der Waals surface area contributed by atoms with Gasteiger partial charge in [-0.05, 0) is 45.4 Å². The van der Waals surface area contributed by atoms with E-state index in [2.05, 4.69) is 11.0 Å². The molecule has 2 aliphatic heterocycles. The summed E-state index contributed by atoms with van der Waals surface area (Å²) in [5.74, 6) is -0.851. The second-order valence-corrected chi connectivity index (χ2v) is 6.38. The number of hydrogen-bond donors (Lipinski definition) is 1. The largest absolute Gasteiger partial charge is 0.481 e. The smallest absolute Gasteiger partial charge is 0.308 e. The van der Waals surface area contributed by atoms with Crippen LogP contribution in [0.5, 0.6) is 0 Å². The summed E-state index contributed by atoms with van der Waals surface area (Å²) in [7, 11) is 0. The van der Waals surface area contributed by atoms with Crippen molar-refractivity contribution in [2.24, 2.45) is 5.92 Å². The zero-order valence-corrected chi connectivity index (χ0v) is 12.6. The summed E-state index contributed by atoms with van der Waals surface area (Å²) in [6.45, 7) is 3.09. The lowest BCUT2D eigenvalue weighted by Gasteiger charge is -2.28. The van der Waals surface area contributed by atoms with Gasteiger partial charge in [0.1, 0.15) is 0 Å². The lowest BCUT2D eigenvalue weighted by molar-refractivity contribution is -0.143. The minimum absolute atomic E-state index is 0.0627. The molecule has 0 aromatic rings. The molecule has 1 aliphatic carbocycles. The number of carbonyl (C=O) groups excluding carboxylic acids is 1. The van der Waals surface area contributed by atoms with E-state index in [4.69, 9.17) is 0 Å². The number of carboxylic acids is 1. The fraction of sp³-hybridized carbons (Fsp3) is 0.750. The minimum atomic E-state index is -0.703. The highest BCUT2D eigenvalue weighted by Crippen LogP contribution is 2.41. The summed E-state index contributed by atoms with van der Waals surface area (Å²) in [4.78, 5) is 27.9. The topological polar surface area (TPSA) is 60.9 Å². The number of carboxylic acid groups (broad SMARTS) is 1. The summed E-state index contributed by atoms with van der Waals surface area (Å²) in [6.07, 6.45) is 8.02. The summed E-state index contributed by atoms with van der Waals surface area (Å²) in [5.41, 5.74) is 1.16. The third-order valence-electron chi connectivity index (χ3n) is 5.30. The Bertz CT molecular complexity index is 474. The van der Waals surface area contributed by atoms with E-state index >= 15 is 0 Å². The molecule has 2 bridgehead atoms. The van der Waals surface area contributed by atoms with Gasteiger partial charge in [-0.25, -0.2) is 0 Å². The van der Waals surface area contributed by atoms with Gasteiger partial charge in [-0.2, -0.15) is 0 Å². The molecule has 116 valence electrons. The number of carbonyl (C=O) groups is 2. The van der Waals surface area contributed by atoms with E-state index in [1.807, 2.05) is 11.8 Å². The van der Waals surface area contributed by atoms with Crippen molar-refractivity contribution in [1.82, 2.24) is 9.80 Å². The Morgan fingerprint density at radius 3 is 2.81 bits per heavy atom. The Balaban J connectivity index is 1.66. The SMILES string of the molecule is CCN(C(=O)CN1C2CCC1C(C(=O)O)C2)C1=CCCC1. The Hall–Kier alpha value is -1.36. The van der Waals surface area contributed by atoms with E-state index in [1.165, 1.54) is 0 Å². The van der Waals surface area contributed by atoms with Crippen molar-refractivity contribution >= 4 is 11.9 Å². The van der Waals surface area contributed by atoms with Crippen LogP contribution in [-0.2, 0) is 9.59 Å². The third-order valence-corrected chi connectivity index (χ3v) is 5.30. The predicted octanol–water partition coefficient (Wildman–Crippen LogP) is 1.84. The number of rotatable bonds is 5. The number of hydrogen-bond acceptors (Lipinski definition) is 3. The molecule has 0 radical (unpaired) electrons. The van der Waals surface area contributed by atoms with Crippen LogP contribution in [0.3, 0.4) is 0 Å². The van der Waals surface area contributed by atoms with Gasteiger partial charge in [-0.3, -0.25) is 14.5 Å². The lowest BCUT2D eigenvalue weighted by atomic mass is 9.89. The van der Waals surface area contributed by atoms with Crippen LogP contribution in [0, 0.1) is 5.92 Å². The predicted molar refractivity (Wildman–Crippen MR) is 78.6 cm³/mol. The van der Waals surface area contributed by atoms with Crippen LogP contribution in [0.1, 0.15) is 45.4 Å². The Morgan fingerprint density at radius 1 is 1.43 bits per heavy atom. The zero-order chi connectivity index (χ0) is 15.0. The van der Waals surface area contributed by atoms with Crippen LogP contribution in [0.15, 0.2) is 11.8 Å². The van der Waals surface area contributed by atoms with Gasteiger partial charge < -0.3 is 10.0 Å². The van der Waals surface area contributed by atoms with Crippen LogP contribution in [0.25, 0.3) is 0 Å². The highest BCUT2D eigenvalue weighted by atomic mass is 16.4. The molecule has 0 saturated carbocycles. The first-order chi connectivity index (χ1) is 10.1. The van der Waals surface area contributed by atoms with Crippen LogP contribution < -0.4 is 0 Å². The van der Waals surface area contributed by atoms with Crippen molar-refractivity contribution in [1.29, 1.82) is 0 Å². The lowest BCUT2D eigenvalue weighted by Crippen LogP contribution is -2.42. The van der Waals surface area contributed by atoms with E-state index in [-0.39, 0.29) is 23.9 Å². The first-order valence-corrected chi connectivity index (χ1v) is 8.09. The van der Waals surface area contributed by atoms with E-state index in [9.17, 15) is 14.7 Å². The first-order valence-electron chi connectivity index (χ1n) is 8.09. The maximum atomic E-state index is 12.6. The van der Waals surface area contributed by atoms with Crippen molar-refractivity contribution in [2.75, 3.05) is 13.1 Å². The van der Waals surface area contributed by atoms with Crippen molar-refractivity contribution in [3.05, 3.63) is 11.8 Å². The molecular formula is C16H24N2O3. The maximum absolute atomic E-state index is 12.6. The van der Waals surface area contributed by atoms with E-state index in [0.717, 1.165) is 37.8 Å². The molecule has 3 atom stereocenters. The summed E-state index contributed by atoms with van der Waals surface area (Å²) in [5, 5.41) is 9.28. The van der Waals surface area contributed by atoms with Gasteiger partial charge in [0.05, 0.1) is 12.5 Å². The normalized spacial score (nSPS) is 31.5. The summed E-state index contributed by atoms with van der Waals surface area (Å²) >= 11 is 0. The van der Waals surface area contributed by atoms with E-state index < -0.39 is 5.97 Å². The molecule has 3 aliphatic rings. The van der Waals surface area contributed by atoms with Crippen LogP contribution in [0.2, 0.25) is 0 Å². The van der Waals surface area contributed by atoms with Gasteiger partial charge in [0.2, 0.25) is 5.91 Å². The molecule has 2 heterocycles. The highest BCUT2D eigenvalue weighted by molar-refractivity contribution is 5.80. The van der Waals surface area contributed by atoms with Gasteiger partial charge in [-0.1, -0.05) is 6.08 Å². The molecule has 21 heavy (non-hydrogen) atoms. The number of fused-ring (bicyclic) bond motifs is 2. The molecule has 1 N–H and O–H groups in total. The molecule has 3 unspecified atom stereocenters. The zero-order valence-electron chi connectivity index (χ0n) is 12.6. The van der Waals surface area contributed by atoms with Crippen molar-refractivity contribution in [3.63, 3.8) is 0 Å². The van der Waals surface area contributed by atoms with Crippen LogP contribution in [0.4, 0.5) is 0 Å². The number of allylic oxidation sites excluding steroid dienone is 2. The Labute approximate surface area is 125 Å². The third kappa shape index (κ3) is 2.59. The van der Waals surface area contributed by atoms with Crippen LogP contribution in [-0.4, -0.2) is 52.0 Å². The second-order valence-electron chi connectivity index (χ2n) is 6.38. The monoisotopic (exact) mass is 292 g/mol. The number of aliphatic carboxylic acids is 1. The fourth-order valence-corrected chi connectivity index (χ4v) is 4.29. The maximum Gasteiger partial charge on any atom is 0.308 e. The molecule has 1 amide bonds. The number of nitrogens with zero attached hydrogens (tertiary/aromatic N) is 2. The van der Waals surface area contributed by atoms with Gasteiger partial charge >= 0.3 is 5.97 Å². The molecular weight excluding hydrogens is 268 g/mol. The highest BCUT2D eigenvalue weighted by Gasteiger charge is 2.49.